The Morgan fingerprint density at radius 3 is 2.56 bits per heavy atom. The number of anilines is 1. The van der Waals surface area contributed by atoms with E-state index < -0.39 is 0 Å². The van der Waals surface area contributed by atoms with E-state index in [-0.39, 0.29) is 18.4 Å². The van der Waals surface area contributed by atoms with Crippen LogP contribution in [0.25, 0.3) is 0 Å². The molecule has 0 atom stereocenters. The monoisotopic (exact) mass is 372 g/mol. The molecule has 8 heteroatoms. The van der Waals surface area contributed by atoms with Gasteiger partial charge in [0.1, 0.15) is 18.1 Å². The molecule has 1 aromatic carbocycles. The van der Waals surface area contributed by atoms with Crippen LogP contribution in [0.3, 0.4) is 0 Å². The molecule has 0 spiro atoms. The summed E-state index contributed by atoms with van der Waals surface area (Å²) in [5.41, 5.74) is 0.871. The Labute approximate surface area is 158 Å². The summed E-state index contributed by atoms with van der Waals surface area (Å²) in [6, 6.07) is 7.20. The zero-order chi connectivity index (χ0) is 19.6. The SMILES string of the molecule is CC(=O)CNCCN(C)c1cncc(Oc2ccc(COC(C)=O)cc2)n1. The number of hydrogen-bond acceptors (Lipinski definition) is 8. The number of esters is 1. The average Bonchev–Trinajstić information content (AvgIpc) is 2.64. The lowest BCUT2D eigenvalue weighted by Crippen LogP contribution is -2.32. The van der Waals surface area contributed by atoms with Gasteiger partial charge in [-0.3, -0.25) is 14.6 Å². The molecule has 0 bridgehead atoms. The van der Waals surface area contributed by atoms with Crippen LogP contribution in [-0.2, 0) is 20.9 Å². The molecule has 144 valence electrons. The van der Waals surface area contributed by atoms with Crippen molar-refractivity contribution in [2.45, 2.75) is 20.5 Å². The number of nitrogens with zero attached hydrogens (tertiary/aromatic N) is 3. The quantitative estimate of drug-likeness (QED) is 0.500. The van der Waals surface area contributed by atoms with Crippen molar-refractivity contribution >= 4 is 17.6 Å². The highest BCUT2D eigenvalue weighted by atomic mass is 16.5. The Morgan fingerprint density at radius 2 is 1.89 bits per heavy atom. The fraction of sp³-hybridized carbons (Fsp3) is 0.368. The van der Waals surface area contributed by atoms with Crippen LogP contribution in [0, 0.1) is 0 Å². The number of ether oxygens (including phenoxy) is 2. The van der Waals surface area contributed by atoms with Crippen LogP contribution >= 0.6 is 0 Å². The number of hydrogen-bond donors (Lipinski definition) is 1. The lowest BCUT2D eigenvalue weighted by Gasteiger charge is -2.18. The maximum atomic E-state index is 10.9. The molecule has 0 radical (unpaired) electrons. The van der Waals surface area contributed by atoms with Crippen LogP contribution in [0.1, 0.15) is 19.4 Å². The molecule has 0 aliphatic heterocycles. The van der Waals surface area contributed by atoms with Gasteiger partial charge in [-0.25, -0.2) is 0 Å². The van der Waals surface area contributed by atoms with Crippen LogP contribution in [-0.4, -0.2) is 48.4 Å². The normalized spacial score (nSPS) is 10.3. The first-order chi connectivity index (χ1) is 12.9. The highest BCUT2D eigenvalue weighted by Gasteiger charge is 2.07. The molecule has 0 aliphatic rings. The van der Waals surface area contributed by atoms with E-state index in [1.807, 2.05) is 24.1 Å². The lowest BCUT2D eigenvalue weighted by molar-refractivity contribution is -0.142. The first-order valence-corrected chi connectivity index (χ1v) is 8.57. The smallest absolute Gasteiger partial charge is 0.302 e. The topological polar surface area (TPSA) is 93.7 Å². The molecule has 0 amide bonds. The number of rotatable bonds is 10. The third kappa shape index (κ3) is 7.41. The van der Waals surface area contributed by atoms with Crippen LogP contribution in [0.5, 0.6) is 11.6 Å². The lowest BCUT2D eigenvalue weighted by atomic mass is 10.2. The zero-order valence-electron chi connectivity index (χ0n) is 15.8. The maximum absolute atomic E-state index is 10.9. The maximum Gasteiger partial charge on any atom is 0.302 e. The molecule has 27 heavy (non-hydrogen) atoms. The molecule has 0 saturated carbocycles. The fourth-order valence-electron chi connectivity index (χ4n) is 2.16. The highest BCUT2D eigenvalue weighted by Crippen LogP contribution is 2.21. The predicted octanol–water partition coefficient (Wildman–Crippen LogP) is 1.95. The number of carbonyl (C=O) groups is 2. The molecule has 2 aromatic rings. The first kappa shape index (κ1) is 20.3. The van der Waals surface area contributed by atoms with Crippen LogP contribution in [0.4, 0.5) is 5.82 Å². The molecule has 1 N–H and O–H groups in total. The van der Waals surface area contributed by atoms with Crippen molar-refractivity contribution in [2.24, 2.45) is 0 Å². The highest BCUT2D eigenvalue weighted by molar-refractivity contribution is 5.77. The predicted molar refractivity (Wildman–Crippen MR) is 101 cm³/mol. The summed E-state index contributed by atoms with van der Waals surface area (Å²) in [5, 5.41) is 3.06. The Bertz CT molecular complexity index is 765. The first-order valence-electron chi connectivity index (χ1n) is 8.57. The van der Waals surface area contributed by atoms with Gasteiger partial charge in [-0.15, -0.1) is 0 Å². The largest absolute Gasteiger partial charge is 0.461 e. The Kier molecular flexibility index (Phi) is 7.69. The summed E-state index contributed by atoms with van der Waals surface area (Å²) in [7, 11) is 1.90. The molecule has 8 nitrogen and oxygen atoms in total. The van der Waals surface area contributed by atoms with E-state index in [0.717, 1.165) is 5.56 Å². The van der Waals surface area contributed by atoms with Crippen LogP contribution in [0.2, 0.25) is 0 Å². The van der Waals surface area contributed by atoms with Crippen molar-refractivity contribution < 1.29 is 19.1 Å². The second kappa shape index (κ2) is 10.2. The van der Waals surface area contributed by atoms with Crippen molar-refractivity contribution in [1.29, 1.82) is 0 Å². The summed E-state index contributed by atoms with van der Waals surface area (Å²) in [4.78, 5) is 32.3. The Morgan fingerprint density at radius 1 is 1.15 bits per heavy atom. The van der Waals surface area contributed by atoms with Gasteiger partial charge < -0.3 is 19.7 Å². The van der Waals surface area contributed by atoms with Gasteiger partial charge in [-0.2, -0.15) is 4.98 Å². The molecule has 0 fully saturated rings. The van der Waals surface area contributed by atoms with Crippen molar-refractivity contribution in [1.82, 2.24) is 15.3 Å². The summed E-state index contributed by atoms with van der Waals surface area (Å²) < 4.78 is 10.7. The number of Topliss-reactive ketones (excluding diaryl/α,β-unsaturated/α-hetero) is 1. The number of nitrogens with one attached hydrogen (secondary N) is 1. The van der Waals surface area contributed by atoms with E-state index in [1.54, 1.807) is 25.3 Å². The van der Waals surface area contributed by atoms with Crippen LogP contribution < -0.4 is 15.0 Å². The number of likely N-dealkylation sites (N-methyl/N-ethyl adjacent to an activating group) is 1. The zero-order valence-corrected chi connectivity index (χ0v) is 15.8. The molecule has 0 unspecified atom stereocenters. The molecule has 0 aliphatic carbocycles. The van der Waals surface area contributed by atoms with E-state index in [2.05, 4.69) is 15.3 Å². The van der Waals surface area contributed by atoms with Gasteiger partial charge >= 0.3 is 5.97 Å². The standard InChI is InChI=1S/C19H24N4O4/c1-14(24)10-20-8-9-23(3)18-11-21-12-19(22-18)27-17-6-4-16(5-7-17)13-26-15(2)25/h4-7,11-12,20H,8-10,13H2,1-3H3. The molecule has 1 aromatic heterocycles. The third-order valence-corrected chi connectivity index (χ3v) is 3.58. The van der Waals surface area contributed by atoms with Crippen molar-refractivity contribution in [3.8, 4) is 11.6 Å². The van der Waals surface area contributed by atoms with Gasteiger partial charge in [0.25, 0.3) is 0 Å². The second-order valence-corrected chi connectivity index (χ2v) is 6.04. The average molecular weight is 372 g/mol. The second-order valence-electron chi connectivity index (χ2n) is 6.04. The van der Waals surface area contributed by atoms with E-state index in [0.29, 0.717) is 37.1 Å². The summed E-state index contributed by atoms with van der Waals surface area (Å²) in [6.07, 6.45) is 3.19. The van der Waals surface area contributed by atoms with Gasteiger partial charge in [-0.1, -0.05) is 12.1 Å². The summed E-state index contributed by atoms with van der Waals surface area (Å²) >= 11 is 0. The van der Waals surface area contributed by atoms with Crippen molar-refractivity contribution in [2.75, 3.05) is 31.6 Å². The number of benzene rings is 1. The number of carbonyl (C=O) groups excluding carboxylic acids is 2. The number of aromatic nitrogens is 2. The van der Waals surface area contributed by atoms with Crippen molar-refractivity contribution in [3.05, 3.63) is 42.2 Å². The summed E-state index contributed by atoms with van der Waals surface area (Å²) in [5.74, 6) is 1.45. The molecule has 0 saturated heterocycles. The number of ketones is 1. The molecule has 1 heterocycles. The van der Waals surface area contributed by atoms with E-state index in [1.165, 1.54) is 13.1 Å². The fourth-order valence-corrected chi connectivity index (χ4v) is 2.16. The molecular formula is C19H24N4O4. The molecular weight excluding hydrogens is 348 g/mol. The van der Waals surface area contributed by atoms with Gasteiger partial charge in [0.15, 0.2) is 5.82 Å². The minimum absolute atomic E-state index is 0.103. The third-order valence-electron chi connectivity index (χ3n) is 3.58. The Hall–Kier alpha value is -3.00. The van der Waals surface area contributed by atoms with E-state index >= 15 is 0 Å². The minimum Gasteiger partial charge on any atom is -0.461 e. The van der Waals surface area contributed by atoms with E-state index in [9.17, 15) is 9.59 Å². The van der Waals surface area contributed by atoms with Gasteiger partial charge in [0, 0.05) is 27.1 Å². The Balaban J connectivity index is 1.90. The van der Waals surface area contributed by atoms with Crippen molar-refractivity contribution in [3.63, 3.8) is 0 Å². The van der Waals surface area contributed by atoms with Gasteiger partial charge in [0.05, 0.1) is 18.9 Å². The van der Waals surface area contributed by atoms with Gasteiger partial charge in [0.2, 0.25) is 5.88 Å². The van der Waals surface area contributed by atoms with Gasteiger partial charge in [-0.05, 0) is 24.6 Å². The summed E-state index contributed by atoms with van der Waals surface area (Å²) in [6.45, 7) is 4.85. The van der Waals surface area contributed by atoms with Crippen LogP contribution in [0.15, 0.2) is 36.7 Å². The minimum atomic E-state index is -0.317. The van der Waals surface area contributed by atoms with E-state index in [4.69, 9.17) is 9.47 Å². The molecule has 2 rings (SSSR count).